The van der Waals surface area contributed by atoms with E-state index in [4.69, 9.17) is 0 Å². The summed E-state index contributed by atoms with van der Waals surface area (Å²) >= 11 is 2.09. The third-order valence-corrected chi connectivity index (χ3v) is 7.80. The largest absolute Gasteiger partial charge is 0.350 e. The number of rotatable bonds is 5. The lowest BCUT2D eigenvalue weighted by molar-refractivity contribution is -0.122. The minimum absolute atomic E-state index is 0.0711. The number of nitrogens with one attached hydrogen (secondary N) is 1. The van der Waals surface area contributed by atoms with Crippen LogP contribution in [0.15, 0.2) is 40.0 Å². The number of benzene rings is 1. The minimum Gasteiger partial charge on any atom is -0.350 e. The number of aryl methyl sites for hydroxylation is 2. The summed E-state index contributed by atoms with van der Waals surface area (Å²) in [5, 5.41) is 2.90. The first-order valence-electron chi connectivity index (χ1n) is 10.6. The first kappa shape index (κ1) is 21.6. The van der Waals surface area contributed by atoms with Gasteiger partial charge in [-0.05, 0) is 42.3 Å². The lowest BCUT2D eigenvalue weighted by atomic mass is 10.2. The van der Waals surface area contributed by atoms with Crippen LogP contribution in [0, 0.1) is 6.92 Å². The molecule has 3 amide bonds. The number of nitrogens with zero attached hydrogens (tertiary/aromatic N) is 3. The van der Waals surface area contributed by atoms with Crippen LogP contribution in [0.2, 0.25) is 0 Å². The highest BCUT2D eigenvalue weighted by Crippen LogP contribution is 2.32. The van der Waals surface area contributed by atoms with Gasteiger partial charge in [0.05, 0.1) is 15.2 Å². The maximum absolute atomic E-state index is 12.8. The maximum Gasteiger partial charge on any atom is 0.293 e. The van der Waals surface area contributed by atoms with Gasteiger partial charge in [-0.25, -0.2) is 4.98 Å². The number of amides is 3. The van der Waals surface area contributed by atoms with Crippen LogP contribution in [0.4, 0.5) is 4.79 Å². The predicted molar refractivity (Wildman–Crippen MR) is 128 cm³/mol. The Morgan fingerprint density at radius 2 is 2.00 bits per heavy atom. The van der Waals surface area contributed by atoms with Gasteiger partial charge >= 0.3 is 0 Å². The number of hydrogen-bond donors (Lipinski definition) is 1. The summed E-state index contributed by atoms with van der Waals surface area (Å²) in [5.41, 5.74) is 1.36. The van der Waals surface area contributed by atoms with Crippen LogP contribution in [0.25, 0.3) is 16.3 Å². The number of carbonyl (C=O) groups excluding carboxylic acids is 3. The molecule has 33 heavy (non-hydrogen) atoms. The minimum atomic E-state index is -0.368. The Bertz CT molecular complexity index is 1390. The average Bonchev–Trinajstić information content (AvgIpc) is 3.47. The fourth-order valence-corrected chi connectivity index (χ4v) is 6.02. The zero-order valence-corrected chi connectivity index (χ0v) is 19.4. The van der Waals surface area contributed by atoms with E-state index in [0.29, 0.717) is 32.1 Å². The number of fused-ring (bicyclic) bond motifs is 2. The van der Waals surface area contributed by atoms with Gasteiger partial charge in [-0.3, -0.25) is 28.6 Å². The molecule has 0 spiro atoms. The van der Waals surface area contributed by atoms with Gasteiger partial charge < -0.3 is 5.32 Å². The van der Waals surface area contributed by atoms with E-state index >= 15 is 0 Å². The third kappa shape index (κ3) is 3.89. The fourth-order valence-electron chi connectivity index (χ4n) is 4.05. The number of aromatic nitrogens is 2. The Kier molecular flexibility index (Phi) is 5.63. The molecule has 2 aliphatic heterocycles. The topological polar surface area (TPSA) is 101 Å². The first-order chi connectivity index (χ1) is 15.9. The zero-order valence-electron chi connectivity index (χ0n) is 17.8. The van der Waals surface area contributed by atoms with E-state index in [-0.39, 0.29) is 35.7 Å². The van der Waals surface area contributed by atoms with Gasteiger partial charge in [0.2, 0.25) is 0 Å². The molecule has 1 fully saturated rings. The van der Waals surface area contributed by atoms with Gasteiger partial charge in [0.25, 0.3) is 22.6 Å². The highest BCUT2D eigenvalue weighted by molar-refractivity contribution is 8.18. The van der Waals surface area contributed by atoms with Crippen molar-refractivity contribution in [2.45, 2.75) is 26.3 Å². The van der Waals surface area contributed by atoms with Gasteiger partial charge in [-0.15, -0.1) is 11.3 Å². The molecule has 0 aliphatic carbocycles. The van der Waals surface area contributed by atoms with E-state index in [1.807, 2.05) is 30.3 Å². The van der Waals surface area contributed by atoms with Crippen molar-refractivity contribution in [3.05, 3.63) is 67.4 Å². The summed E-state index contributed by atoms with van der Waals surface area (Å²) in [6.45, 7) is 2.60. The summed E-state index contributed by atoms with van der Waals surface area (Å²) in [6, 6.07) is 9.32. The predicted octanol–water partition coefficient (Wildman–Crippen LogP) is 3.18. The van der Waals surface area contributed by atoms with Gasteiger partial charge in [-0.2, -0.15) is 0 Å². The second-order valence-corrected chi connectivity index (χ2v) is 9.82. The molecule has 2 aromatic heterocycles. The van der Waals surface area contributed by atoms with Gasteiger partial charge in [0.15, 0.2) is 0 Å². The Morgan fingerprint density at radius 3 is 2.79 bits per heavy atom. The molecule has 10 heteroatoms. The smallest absolute Gasteiger partial charge is 0.293 e. The van der Waals surface area contributed by atoms with Crippen LogP contribution in [0.5, 0.6) is 0 Å². The highest BCUT2D eigenvalue weighted by atomic mass is 32.2. The highest BCUT2D eigenvalue weighted by Gasteiger charge is 2.34. The normalized spacial score (nSPS) is 16.8. The SMILES string of the molecule is Cc1c(C(=O)NCCN2C(=O)S/C(=C/c3ccccc3)C2=O)sc2nc3n(c(=O)c12)CCC3. The quantitative estimate of drug-likeness (QED) is 0.563. The van der Waals surface area contributed by atoms with Crippen LogP contribution in [-0.4, -0.2) is 44.6 Å². The van der Waals surface area contributed by atoms with Crippen molar-refractivity contribution in [1.82, 2.24) is 19.8 Å². The summed E-state index contributed by atoms with van der Waals surface area (Å²) in [5.74, 6) is 0.0587. The molecule has 168 valence electrons. The van der Waals surface area contributed by atoms with E-state index < -0.39 is 0 Å². The van der Waals surface area contributed by atoms with Crippen LogP contribution >= 0.6 is 23.1 Å². The Balaban J connectivity index is 1.27. The number of thioether (sulfide) groups is 1. The van der Waals surface area contributed by atoms with E-state index in [9.17, 15) is 19.2 Å². The summed E-state index contributed by atoms with van der Waals surface area (Å²) in [4.78, 5) is 57.6. The van der Waals surface area contributed by atoms with Crippen LogP contribution in [0.3, 0.4) is 0 Å². The van der Waals surface area contributed by atoms with Crippen LogP contribution < -0.4 is 10.9 Å². The fraction of sp³-hybridized carbons (Fsp3) is 0.261. The molecule has 5 rings (SSSR count). The Labute approximate surface area is 197 Å². The summed E-state index contributed by atoms with van der Waals surface area (Å²) < 4.78 is 1.69. The lowest BCUT2D eigenvalue weighted by Gasteiger charge is -2.12. The van der Waals surface area contributed by atoms with Crippen molar-refractivity contribution in [2.75, 3.05) is 13.1 Å². The monoisotopic (exact) mass is 480 g/mol. The van der Waals surface area contributed by atoms with Crippen molar-refractivity contribution < 1.29 is 14.4 Å². The van der Waals surface area contributed by atoms with Crippen LogP contribution in [0.1, 0.15) is 33.0 Å². The maximum atomic E-state index is 12.8. The Morgan fingerprint density at radius 1 is 1.21 bits per heavy atom. The average molecular weight is 481 g/mol. The molecule has 2 aliphatic rings. The molecular weight excluding hydrogens is 460 g/mol. The number of imide groups is 1. The lowest BCUT2D eigenvalue weighted by Crippen LogP contribution is -2.37. The number of thiophene rings is 1. The van der Waals surface area contributed by atoms with Crippen molar-refractivity contribution in [3.63, 3.8) is 0 Å². The van der Waals surface area contributed by atoms with E-state index in [2.05, 4.69) is 10.3 Å². The van der Waals surface area contributed by atoms with Gasteiger partial charge in [0, 0.05) is 26.1 Å². The molecule has 0 bridgehead atoms. The third-order valence-electron chi connectivity index (χ3n) is 5.71. The molecule has 0 atom stereocenters. The molecule has 1 aromatic carbocycles. The summed E-state index contributed by atoms with van der Waals surface area (Å²) in [7, 11) is 0. The zero-order chi connectivity index (χ0) is 23.1. The molecular formula is C23H20N4O4S2. The van der Waals surface area contributed by atoms with E-state index in [0.717, 1.165) is 40.9 Å². The molecule has 3 aromatic rings. The molecule has 4 heterocycles. The van der Waals surface area contributed by atoms with Crippen molar-refractivity contribution in [1.29, 1.82) is 0 Å². The second-order valence-electron chi connectivity index (χ2n) is 7.82. The number of hydrogen-bond acceptors (Lipinski definition) is 7. The van der Waals surface area contributed by atoms with Crippen molar-refractivity contribution in [3.8, 4) is 0 Å². The van der Waals surface area contributed by atoms with Gasteiger partial charge in [-0.1, -0.05) is 30.3 Å². The summed E-state index contributed by atoms with van der Waals surface area (Å²) in [6.07, 6.45) is 3.35. The Hall–Kier alpha value is -3.24. The second kappa shape index (κ2) is 8.60. The van der Waals surface area contributed by atoms with E-state index in [1.54, 1.807) is 17.6 Å². The standard InChI is InChI=1S/C23H20N4O4S2/c1-13-17-20(25-16-8-5-10-26(16)22(17)30)33-18(13)19(28)24-9-11-27-21(29)15(32-23(27)31)12-14-6-3-2-4-7-14/h2-4,6-7,12H,5,8-11H2,1H3,(H,24,28)/b15-12+. The molecule has 1 saturated heterocycles. The number of carbonyl (C=O) groups is 3. The molecule has 0 unspecified atom stereocenters. The first-order valence-corrected chi connectivity index (χ1v) is 12.2. The van der Waals surface area contributed by atoms with Crippen LogP contribution in [-0.2, 0) is 17.8 Å². The molecule has 8 nitrogen and oxygen atoms in total. The van der Waals surface area contributed by atoms with E-state index in [1.165, 1.54) is 11.3 Å². The molecule has 1 N–H and O–H groups in total. The van der Waals surface area contributed by atoms with Crippen molar-refractivity contribution in [2.24, 2.45) is 0 Å². The molecule has 0 radical (unpaired) electrons. The van der Waals surface area contributed by atoms with Crippen molar-refractivity contribution >= 4 is 56.4 Å². The van der Waals surface area contributed by atoms with Gasteiger partial charge in [0.1, 0.15) is 10.7 Å². The molecule has 0 saturated carbocycles.